The first-order valence-corrected chi connectivity index (χ1v) is 13.0. The van der Waals surface area contributed by atoms with Gasteiger partial charge in [-0.15, -0.1) is 0 Å². The quantitative estimate of drug-likeness (QED) is 0.283. The van der Waals surface area contributed by atoms with Gasteiger partial charge in [0.1, 0.15) is 0 Å². The fraction of sp³-hybridized carbons (Fsp3) is 0.115. The zero-order valence-corrected chi connectivity index (χ0v) is 22.5. The van der Waals surface area contributed by atoms with E-state index in [1.54, 1.807) is 30.3 Å². The van der Waals surface area contributed by atoms with E-state index in [2.05, 4.69) is 15.6 Å². The maximum Gasteiger partial charge on any atom is 0.264 e. The van der Waals surface area contributed by atoms with Gasteiger partial charge in [-0.1, -0.05) is 53.0 Å². The minimum absolute atomic E-state index is 0.213. The van der Waals surface area contributed by atoms with Gasteiger partial charge in [-0.25, -0.2) is 4.99 Å². The van der Waals surface area contributed by atoms with E-state index in [4.69, 9.17) is 44.3 Å². The van der Waals surface area contributed by atoms with Crippen molar-refractivity contribution in [3.8, 4) is 11.5 Å². The fourth-order valence-corrected chi connectivity index (χ4v) is 4.65. The Hall–Kier alpha value is -3.17. The molecule has 0 atom stereocenters. The SMILES string of the molecule is CCOc1cc(/C=C2/SC(=Nc3ccccc3)NC2=O)cc(Cl)c1OCC(=O)Nc1ccc(Cl)c(Cl)c1. The molecular formula is C26H20Cl3N3O4S. The molecule has 1 fully saturated rings. The standard InChI is InChI=1S/C26H20Cl3N3O4S/c1-2-35-21-11-15(12-22-25(34)32-26(37-22)31-16-6-4-3-5-7-16)10-20(29)24(21)36-14-23(33)30-17-8-9-18(27)19(28)13-17/h3-13H,2,14H2,1H3,(H,30,33)(H,31,32,34)/b22-12+. The van der Waals surface area contributed by atoms with E-state index in [1.807, 2.05) is 37.3 Å². The van der Waals surface area contributed by atoms with Crippen LogP contribution in [0.15, 0.2) is 70.6 Å². The van der Waals surface area contributed by atoms with Crippen LogP contribution in [0.3, 0.4) is 0 Å². The van der Waals surface area contributed by atoms with Crippen molar-refractivity contribution in [3.05, 3.63) is 86.2 Å². The second-order valence-corrected chi connectivity index (χ2v) is 9.80. The van der Waals surface area contributed by atoms with Crippen LogP contribution in [0.25, 0.3) is 6.08 Å². The lowest BCUT2D eigenvalue weighted by atomic mass is 10.2. The molecular weight excluding hydrogens is 557 g/mol. The van der Waals surface area contributed by atoms with E-state index in [-0.39, 0.29) is 23.3 Å². The summed E-state index contributed by atoms with van der Waals surface area (Å²) in [5.41, 5.74) is 1.83. The van der Waals surface area contributed by atoms with Crippen molar-refractivity contribution in [2.75, 3.05) is 18.5 Å². The summed E-state index contributed by atoms with van der Waals surface area (Å²) in [6.07, 6.45) is 1.68. The lowest BCUT2D eigenvalue weighted by Gasteiger charge is -2.14. The van der Waals surface area contributed by atoms with Crippen molar-refractivity contribution in [3.63, 3.8) is 0 Å². The average Bonchev–Trinajstić information content (AvgIpc) is 3.20. The Kier molecular flexibility index (Phi) is 9.00. The summed E-state index contributed by atoms with van der Waals surface area (Å²) in [5.74, 6) is -0.143. The molecule has 1 heterocycles. The van der Waals surface area contributed by atoms with Crippen LogP contribution in [0.2, 0.25) is 15.1 Å². The van der Waals surface area contributed by atoms with Crippen molar-refractivity contribution in [2.24, 2.45) is 4.99 Å². The Morgan fingerprint density at radius 1 is 1.03 bits per heavy atom. The lowest BCUT2D eigenvalue weighted by Crippen LogP contribution is -2.20. The number of carbonyl (C=O) groups is 2. The maximum absolute atomic E-state index is 12.5. The number of amidine groups is 1. The van der Waals surface area contributed by atoms with Gasteiger partial charge in [0, 0.05) is 5.69 Å². The normalized spacial score (nSPS) is 15.1. The summed E-state index contributed by atoms with van der Waals surface area (Å²) in [6.45, 7) is 1.83. The van der Waals surface area contributed by atoms with Crippen LogP contribution in [0.4, 0.5) is 11.4 Å². The van der Waals surface area contributed by atoms with Crippen molar-refractivity contribution in [1.82, 2.24) is 5.32 Å². The van der Waals surface area contributed by atoms with Crippen molar-refractivity contribution < 1.29 is 19.1 Å². The molecule has 1 aliphatic rings. The molecule has 0 spiro atoms. The van der Waals surface area contributed by atoms with E-state index in [9.17, 15) is 9.59 Å². The van der Waals surface area contributed by atoms with Gasteiger partial charge in [-0.3, -0.25) is 9.59 Å². The van der Waals surface area contributed by atoms with Gasteiger partial charge in [0.2, 0.25) is 0 Å². The van der Waals surface area contributed by atoms with E-state index in [1.165, 1.54) is 17.8 Å². The number of thioether (sulfide) groups is 1. The topological polar surface area (TPSA) is 89.0 Å². The Morgan fingerprint density at radius 3 is 2.54 bits per heavy atom. The van der Waals surface area contributed by atoms with Gasteiger partial charge in [0.15, 0.2) is 23.3 Å². The van der Waals surface area contributed by atoms with Crippen LogP contribution in [0.1, 0.15) is 12.5 Å². The van der Waals surface area contributed by atoms with Gasteiger partial charge < -0.3 is 20.1 Å². The molecule has 11 heteroatoms. The molecule has 0 unspecified atom stereocenters. The molecule has 3 aromatic rings. The molecule has 1 aliphatic heterocycles. The third-order valence-corrected chi connectivity index (χ3v) is 6.75. The van der Waals surface area contributed by atoms with Crippen LogP contribution in [0.5, 0.6) is 11.5 Å². The number of ether oxygens (including phenoxy) is 2. The van der Waals surface area contributed by atoms with Crippen molar-refractivity contribution in [2.45, 2.75) is 6.92 Å². The maximum atomic E-state index is 12.5. The summed E-state index contributed by atoms with van der Waals surface area (Å²) in [7, 11) is 0. The lowest BCUT2D eigenvalue weighted by molar-refractivity contribution is -0.118. The molecule has 3 aromatic carbocycles. The number of para-hydroxylation sites is 1. The molecule has 0 aliphatic carbocycles. The first-order valence-electron chi connectivity index (χ1n) is 11.0. The second-order valence-electron chi connectivity index (χ2n) is 7.55. The van der Waals surface area contributed by atoms with E-state index in [0.717, 1.165) is 5.69 Å². The smallest absolute Gasteiger partial charge is 0.264 e. The zero-order chi connectivity index (χ0) is 26.4. The molecule has 190 valence electrons. The largest absolute Gasteiger partial charge is 0.490 e. The zero-order valence-electron chi connectivity index (χ0n) is 19.4. The Bertz CT molecular complexity index is 1400. The van der Waals surface area contributed by atoms with Crippen LogP contribution < -0.4 is 20.1 Å². The molecule has 0 aromatic heterocycles. The van der Waals surface area contributed by atoms with Crippen molar-refractivity contribution in [1.29, 1.82) is 0 Å². The molecule has 0 radical (unpaired) electrons. The van der Waals surface area contributed by atoms with Crippen LogP contribution in [-0.2, 0) is 9.59 Å². The third kappa shape index (κ3) is 7.20. The number of hydrogen-bond acceptors (Lipinski definition) is 6. The monoisotopic (exact) mass is 575 g/mol. The van der Waals surface area contributed by atoms with Crippen LogP contribution in [-0.4, -0.2) is 30.2 Å². The highest BCUT2D eigenvalue weighted by Gasteiger charge is 2.24. The van der Waals surface area contributed by atoms with Gasteiger partial charge in [0.25, 0.3) is 11.8 Å². The van der Waals surface area contributed by atoms with E-state index >= 15 is 0 Å². The number of aliphatic imine (C=N–C) groups is 1. The third-order valence-electron chi connectivity index (χ3n) is 4.82. The van der Waals surface area contributed by atoms with Gasteiger partial charge in [-0.05, 0) is 72.8 Å². The minimum atomic E-state index is -0.424. The molecule has 0 bridgehead atoms. The minimum Gasteiger partial charge on any atom is -0.490 e. The molecule has 7 nitrogen and oxygen atoms in total. The highest BCUT2D eigenvalue weighted by Crippen LogP contribution is 2.38. The molecule has 2 N–H and O–H groups in total. The predicted molar refractivity (Wildman–Crippen MR) is 150 cm³/mol. The molecule has 0 saturated carbocycles. The summed E-state index contributed by atoms with van der Waals surface area (Å²) in [4.78, 5) is 29.8. The first-order chi connectivity index (χ1) is 17.8. The molecule has 37 heavy (non-hydrogen) atoms. The number of carbonyl (C=O) groups excluding carboxylic acids is 2. The summed E-state index contributed by atoms with van der Waals surface area (Å²) in [5, 5.41) is 6.84. The summed E-state index contributed by atoms with van der Waals surface area (Å²) < 4.78 is 11.4. The molecule has 4 rings (SSSR count). The fourth-order valence-electron chi connectivity index (χ4n) is 3.23. The second kappa shape index (κ2) is 12.4. The van der Waals surface area contributed by atoms with Crippen LogP contribution >= 0.6 is 46.6 Å². The Balaban J connectivity index is 1.48. The number of benzene rings is 3. The highest BCUT2D eigenvalue weighted by molar-refractivity contribution is 8.18. The number of halogens is 3. The van der Waals surface area contributed by atoms with Gasteiger partial charge in [-0.2, -0.15) is 0 Å². The first kappa shape index (κ1) is 26.9. The van der Waals surface area contributed by atoms with Crippen molar-refractivity contribution >= 4 is 81.0 Å². The molecule has 1 saturated heterocycles. The van der Waals surface area contributed by atoms with Crippen LogP contribution in [0, 0.1) is 0 Å². The number of rotatable bonds is 8. The number of nitrogens with zero attached hydrogens (tertiary/aromatic N) is 1. The van der Waals surface area contributed by atoms with E-state index < -0.39 is 5.91 Å². The predicted octanol–water partition coefficient (Wildman–Crippen LogP) is 6.95. The Labute approximate surface area is 232 Å². The Morgan fingerprint density at radius 2 is 1.81 bits per heavy atom. The summed E-state index contributed by atoms with van der Waals surface area (Å²) >= 11 is 19.6. The average molecular weight is 577 g/mol. The van der Waals surface area contributed by atoms with Gasteiger partial charge in [0.05, 0.1) is 32.3 Å². The highest BCUT2D eigenvalue weighted by atomic mass is 35.5. The molecule has 2 amide bonds. The number of nitrogens with one attached hydrogen (secondary N) is 2. The number of amides is 2. The summed E-state index contributed by atoms with van der Waals surface area (Å²) in [6, 6.07) is 17.4. The number of hydrogen-bond donors (Lipinski definition) is 2. The van der Waals surface area contributed by atoms with Gasteiger partial charge >= 0.3 is 0 Å². The van der Waals surface area contributed by atoms with E-state index in [0.29, 0.717) is 43.7 Å². The number of anilines is 1.